The summed E-state index contributed by atoms with van der Waals surface area (Å²) in [5, 5.41) is 7.06. The zero-order valence-electron chi connectivity index (χ0n) is 34.5. The highest BCUT2D eigenvalue weighted by atomic mass is 32.1. The van der Waals surface area contributed by atoms with E-state index in [1.807, 2.05) is 47.0 Å². The number of aldehydes is 1. The molecule has 0 radical (unpaired) electrons. The molecule has 2 aromatic heterocycles. The van der Waals surface area contributed by atoms with Crippen LogP contribution in [0.2, 0.25) is 0 Å². The van der Waals surface area contributed by atoms with Crippen molar-refractivity contribution in [3.63, 3.8) is 0 Å². The average Bonchev–Trinajstić information content (AvgIpc) is 3.86. The van der Waals surface area contributed by atoms with E-state index in [1.54, 1.807) is 41.8 Å². The minimum Gasteiger partial charge on any atom is -0.453 e. The average molecular weight is 809 g/mol. The van der Waals surface area contributed by atoms with Crippen molar-refractivity contribution in [1.82, 2.24) is 30.4 Å². The largest absolute Gasteiger partial charge is 0.453 e. The van der Waals surface area contributed by atoms with Gasteiger partial charge in [-0.05, 0) is 60.5 Å². The Bertz CT molecular complexity index is 1740. The number of nitrogens with one attached hydrogen (secondary N) is 2. The van der Waals surface area contributed by atoms with Crippen LogP contribution in [-0.4, -0.2) is 98.0 Å². The van der Waals surface area contributed by atoms with Crippen LogP contribution in [-0.2, 0) is 36.9 Å². The summed E-state index contributed by atoms with van der Waals surface area (Å²) in [6.45, 7) is 14.7. The normalized spacial score (nSPS) is 11.8. The molecule has 2 aromatic carbocycles. The molecule has 0 bridgehead atoms. The first-order chi connectivity index (χ1) is 26.8. The fourth-order valence-corrected chi connectivity index (χ4v) is 7.39. The van der Waals surface area contributed by atoms with Gasteiger partial charge in [-0.15, -0.1) is 22.7 Å². The van der Waals surface area contributed by atoms with E-state index >= 15 is 0 Å². The summed E-state index contributed by atoms with van der Waals surface area (Å²) in [6, 6.07) is 16.2. The van der Waals surface area contributed by atoms with Crippen molar-refractivity contribution in [2.45, 2.75) is 79.6 Å². The second-order valence-corrected chi connectivity index (χ2v) is 16.1. The molecule has 3 amide bonds. The third-order valence-corrected chi connectivity index (χ3v) is 10.5. The van der Waals surface area contributed by atoms with Gasteiger partial charge in [0.2, 0.25) is 12.3 Å². The maximum atomic E-state index is 13.4. The van der Waals surface area contributed by atoms with E-state index in [4.69, 9.17) is 4.74 Å². The lowest BCUT2D eigenvalue weighted by molar-refractivity contribution is -0.135. The Balaban J connectivity index is 0.000000784. The number of thiazole rings is 2. The van der Waals surface area contributed by atoms with Crippen LogP contribution in [0.5, 0.6) is 0 Å². The molecule has 2 N–H and O–H groups in total. The summed E-state index contributed by atoms with van der Waals surface area (Å²) < 4.78 is 8.98. The number of benzene rings is 2. The quantitative estimate of drug-likeness (QED) is 0.0964. The second kappa shape index (κ2) is 25.6. The van der Waals surface area contributed by atoms with E-state index in [-0.39, 0.29) is 23.8 Å². The summed E-state index contributed by atoms with van der Waals surface area (Å²) in [7, 11) is 6.69. The molecule has 56 heavy (non-hydrogen) atoms. The maximum absolute atomic E-state index is 13.4. The first-order valence-electron chi connectivity index (χ1n) is 18.8. The first kappa shape index (κ1) is 47.7. The van der Waals surface area contributed by atoms with Gasteiger partial charge in [0.15, 0.2) is 0 Å². The second-order valence-electron chi connectivity index (χ2n) is 13.8. The van der Waals surface area contributed by atoms with Crippen LogP contribution in [0.4, 0.5) is 4.79 Å². The van der Waals surface area contributed by atoms with E-state index in [0.717, 1.165) is 63.8 Å². The predicted molar refractivity (Wildman–Crippen MR) is 227 cm³/mol. The number of amides is 3. The predicted octanol–water partition coefficient (Wildman–Crippen LogP) is 7.78. The van der Waals surface area contributed by atoms with Gasteiger partial charge in [0, 0.05) is 33.2 Å². The summed E-state index contributed by atoms with van der Waals surface area (Å²) >= 11 is 3.34. The summed E-state index contributed by atoms with van der Waals surface area (Å²) in [4.78, 5) is 60.7. The van der Waals surface area contributed by atoms with Crippen molar-refractivity contribution in [2.24, 2.45) is 11.8 Å². The van der Waals surface area contributed by atoms with Crippen molar-refractivity contribution in [2.75, 3.05) is 41.5 Å². The van der Waals surface area contributed by atoms with Crippen molar-refractivity contribution in [1.29, 1.82) is 0 Å². The molecule has 4 rings (SSSR count). The Hall–Kier alpha value is -4.50. The molecule has 306 valence electrons. The van der Waals surface area contributed by atoms with Gasteiger partial charge in [-0.25, -0.2) is 14.8 Å². The van der Waals surface area contributed by atoms with Crippen LogP contribution >= 0.6 is 22.7 Å². The Morgan fingerprint density at radius 3 is 1.59 bits per heavy atom. The Morgan fingerprint density at radius 2 is 1.21 bits per heavy atom. The molecule has 14 heteroatoms. The number of alkyl carbamates (subject to hydrolysis) is 1. The third kappa shape index (κ3) is 15.6. The number of carbonyl (C=O) groups is 4. The van der Waals surface area contributed by atoms with Gasteiger partial charge in [0.25, 0.3) is 0 Å². The number of carbonyl (C=O) groups excluding carboxylic acids is 4. The van der Waals surface area contributed by atoms with Crippen molar-refractivity contribution < 1.29 is 28.7 Å². The number of ether oxygens (including phenoxy) is 2. The summed E-state index contributed by atoms with van der Waals surface area (Å²) in [5.74, 6) is -0.0341. The third-order valence-electron chi connectivity index (χ3n) is 8.44. The number of rotatable bonds is 18. The molecule has 2 atom stereocenters. The first-order valence-corrected chi connectivity index (χ1v) is 20.5. The van der Waals surface area contributed by atoms with Crippen molar-refractivity contribution >= 4 is 47.4 Å². The highest BCUT2D eigenvalue weighted by Crippen LogP contribution is 2.32. The molecular weight excluding hydrogens is 749 g/mol. The summed E-state index contributed by atoms with van der Waals surface area (Å²) in [6.07, 6.45) is 6.46. The van der Waals surface area contributed by atoms with Crippen LogP contribution in [0.3, 0.4) is 0 Å². The number of hydrogen-bond acceptors (Lipinski definition) is 11. The van der Waals surface area contributed by atoms with Crippen LogP contribution in [0.25, 0.3) is 32.0 Å². The van der Waals surface area contributed by atoms with Gasteiger partial charge in [-0.3, -0.25) is 14.5 Å². The zero-order valence-corrected chi connectivity index (χ0v) is 36.2. The molecule has 0 saturated heterocycles. The Kier molecular flexibility index (Phi) is 21.8. The lowest BCUT2D eigenvalue weighted by Gasteiger charge is -2.28. The molecule has 0 fully saturated rings. The van der Waals surface area contributed by atoms with Gasteiger partial charge in [-0.2, -0.15) is 0 Å². The number of aromatic nitrogens is 2. The molecule has 0 aliphatic heterocycles. The molecule has 12 nitrogen and oxygen atoms in total. The van der Waals surface area contributed by atoms with Crippen LogP contribution in [0.15, 0.2) is 60.9 Å². The highest BCUT2D eigenvalue weighted by Gasteiger charge is 2.29. The highest BCUT2D eigenvalue weighted by molar-refractivity contribution is 7.15. The van der Waals surface area contributed by atoms with E-state index in [9.17, 15) is 19.2 Å². The van der Waals surface area contributed by atoms with Gasteiger partial charge in [0.05, 0.1) is 36.0 Å². The standard InChI is InChI=1S/C34H43N5O3S2.C6H11NO2.C2H6O/c1-7-17-38(5)21-30-35-19-28(43-30)26-13-9-24(10-14-26)25-11-15-27(16-12-25)29-20-36-31(44-29)22-39(18-8-2)33(40)32(23(3)4)37-34(41)42-6;1-5(2)6(3-8)7-4-9;1-3-2/h9-16,19-20,23,32H,7-8,17-18,21-22H2,1-6H3,(H,37,41);3-6H,1-2H3,(H,7,9);1-2H3. The number of nitrogens with zero attached hydrogens (tertiary/aromatic N) is 4. The molecule has 2 unspecified atom stereocenters. The fraction of sp³-hybridized carbons (Fsp3) is 0.476. The van der Waals surface area contributed by atoms with Crippen LogP contribution in [0, 0.1) is 11.8 Å². The van der Waals surface area contributed by atoms with E-state index in [1.165, 1.54) is 17.6 Å². The number of methoxy groups -OCH3 is 2. The van der Waals surface area contributed by atoms with Gasteiger partial charge >= 0.3 is 6.09 Å². The lowest BCUT2D eigenvalue weighted by atomic mass is 10.0. The van der Waals surface area contributed by atoms with E-state index in [2.05, 4.69) is 92.7 Å². The summed E-state index contributed by atoms with van der Waals surface area (Å²) in [5.41, 5.74) is 4.57. The fourth-order valence-electron chi connectivity index (χ4n) is 5.44. The van der Waals surface area contributed by atoms with Crippen molar-refractivity contribution in [3.8, 4) is 32.0 Å². The minimum atomic E-state index is -0.660. The smallest absolute Gasteiger partial charge is 0.407 e. The molecular formula is C42H60N6O6S2. The van der Waals surface area contributed by atoms with E-state index < -0.39 is 12.1 Å². The van der Waals surface area contributed by atoms with Crippen LogP contribution < -0.4 is 10.6 Å². The topological polar surface area (TPSA) is 143 Å². The molecule has 2 heterocycles. The van der Waals surface area contributed by atoms with Crippen LogP contribution in [0.1, 0.15) is 64.4 Å². The minimum absolute atomic E-state index is 0.0781. The van der Waals surface area contributed by atoms with Gasteiger partial charge in [0.1, 0.15) is 22.3 Å². The monoisotopic (exact) mass is 808 g/mol. The molecule has 4 aromatic rings. The molecule has 0 spiro atoms. The molecule has 0 aliphatic rings. The Morgan fingerprint density at radius 1 is 0.750 bits per heavy atom. The Labute approximate surface area is 341 Å². The molecule has 0 saturated carbocycles. The lowest BCUT2D eigenvalue weighted by Crippen LogP contribution is -2.51. The SMILES string of the molecule is CC(C)C(C=O)NC=O.CCCN(C)Cc1ncc(-c2ccc(-c3ccc(-c4cnc(CN(CCC)C(=O)C(NC(=O)OC)C(C)C)s4)cc3)cc2)s1.COC. The zero-order chi connectivity index (χ0) is 41.6. The van der Waals surface area contributed by atoms with E-state index in [0.29, 0.717) is 19.5 Å². The van der Waals surface area contributed by atoms with Gasteiger partial charge in [-0.1, -0.05) is 90.1 Å². The maximum Gasteiger partial charge on any atom is 0.407 e. The molecule has 0 aliphatic carbocycles. The number of hydrogen-bond donors (Lipinski definition) is 2. The van der Waals surface area contributed by atoms with Crippen molar-refractivity contribution in [3.05, 3.63) is 70.9 Å². The van der Waals surface area contributed by atoms with Gasteiger partial charge < -0.3 is 29.8 Å².